The third-order valence-electron chi connectivity index (χ3n) is 2.17. The van der Waals surface area contributed by atoms with E-state index in [2.05, 4.69) is 0 Å². The van der Waals surface area contributed by atoms with Gasteiger partial charge in [-0.15, -0.1) is 0 Å². The Labute approximate surface area is 101 Å². The minimum absolute atomic E-state index is 0.248. The van der Waals surface area contributed by atoms with Gasteiger partial charge in [-0.2, -0.15) is 0 Å². The predicted molar refractivity (Wildman–Crippen MR) is 62.7 cm³/mol. The Morgan fingerprint density at radius 2 is 2.06 bits per heavy atom. The second-order valence-corrected chi connectivity index (χ2v) is 5.22. The number of carbonyl (C=O) groups is 1. The number of ether oxygens (including phenoxy) is 1. The van der Waals surface area contributed by atoms with Crippen molar-refractivity contribution in [2.75, 3.05) is 26.4 Å². The molecule has 0 aromatic carbocycles. The molecule has 0 atom stereocenters. The van der Waals surface area contributed by atoms with Crippen molar-refractivity contribution in [3.8, 4) is 0 Å². The smallest absolute Gasteiger partial charge is 0.414 e. The van der Waals surface area contributed by atoms with Gasteiger partial charge < -0.3 is 13.8 Å². The van der Waals surface area contributed by atoms with Gasteiger partial charge in [0, 0.05) is 0 Å². The number of allylic oxidation sites excluding steroid dienone is 1. The fourth-order valence-electron chi connectivity index (χ4n) is 1.57. The first kappa shape index (κ1) is 14.2. The lowest BCUT2D eigenvalue weighted by Crippen LogP contribution is -2.24. The van der Waals surface area contributed by atoms with Crippen LogP contribution in [0.25, 0.3) is 0 Å². The molecule has 1 saturated heterocycles. The number of amides is 1. The molecule has 1 aliphatic rings. The van der Waals surface area contributed by atoms with Crippen LogP contribution in [0.15, 0.2) is 11.5 Å². The normalized spacial score (nSPS) is 17.5. The van der Waals surface area contributed by atoms with E-state index in [0.717, 1.165) is 0 Å². The molecule has 1 rings (SSSR count). The van der Waals surface area contributed by atoms with Gasteiger partial charge in [0.1, 0.15) is 12.0 Å². The van der Waals surface area contributed by atoms with E-state index in [4.69, 9.17) is 13.8 Å². The molecule has 0 aromatic heterocycles. The molecular weight excluding hydrogens is 245 g/mol. The summed E-state index contributed by atoms with van der Waals surface area (Å²) in [5, 5.41) is 0. The van der Waals surface area contributed by atoms with Crippen molar-refractivity contribution < 1.29 is 23.1 Å². The summed E-state index contributed by atoms with van der Waals surface area (Å²) in [7, 11) is -3.43. The van der Waals surface area contributed by atoms with E-state index >= 15 is 0 Å². The maximum absolute atomic E-state index is 12.5. The Kier molecular flexibility index (Phi) is 5.18. The first-order chi connectivity index (χ1) is 8.09. The molecule has 0 bridgehead atoms. The molecular formula is C10H18NO5P. The van der Waals surface area contributed by atoms with Crippen LogP contribution in [0.1, 0.15) is 20.8 Å². The standard InChI is InChI=1S/C10H18NO5P/c1-4-9(11-7-8-14-10(11)12)17(13,15-5-2)16-6-3/h4H,5-8H2,1-3H3/b9-4-. The number of hydrogen-bond acceptors (Lipinski definition) is 5. The van der Waals surface area contributed by atoms with Gasteiger partial charge in [0.05, 0.1) is 19.8 Å². The SMILES string of the molecule is C/C=C(/N1CCOC1=O)P(=O)(OCC)OCC. The van der Waals surface area contributed by atoms with Gasteiger partial charge in [0.15, 0.2) is 0 Å². The summed E-state index contributed by atoms with van der Waals surface area (Å²) in [6, 6.07) is 0. The Morgan fingerprint density at radius 3 is 2.41 bits per heavy atom. The first-order valence-corrected chi connectivity index (χ1v) is 7.13. The molecule has 0 N–H and O–H groups in total. The van der Waals surface area contributed by atoms with Gasteiger partial charge in [0.25, 0.3) is 0 Å². The molecule has 1 amide bonds. The first-order valence-electron chi connectivity index (χ1n) is 5.59. The zero-order valence-corrected chi connectivity index (χ0v) is 11.2. The summed E-state index contributed by atoms with van der Waals surface area (Å²) in [5.74, 6) is 0. The number of cyclic esters (lactones) is 1. The van der Waals surface area contributed by atoms with Crippen molar-refractivity contribution in [1.82, 2.24) is 4.90 Å². The summed E-state index contributed by atoms with van der Waals surface area (Å²) in [6.45, 7) is 6.28. The molecule has 0 unspecified atom stereocenters. The van der Waals surface area contributed by atoms with E-state index < -0.39 is 13.7 Å². The summed E-state index contributed by atoms with van der Waals surface area (Å²) in [6.07, 6.45) is 1.05. The van der Waals surface area contributed by atoms with E-state index in [1.807, 2.05) is 0 Å². The molecule has 1 heterocycles. The molecule has 1 aliphatic heterocycles. The monoisotopic (exact) mass is 263 g/mol. The van der Waals surface area contributed by atoms with Crippen molar-refractivity contribution in [2.45, 2.75) is 20.8 Å². The Balaban J connectivity index is 2.97. The van der Waals surface area contributed by atoms with Gasteiger partial charge in [0.2, 0.25) is 0 Å². The van der Waals surface area contributed by atoms with Crippen LogP contribution in [0.4, 0.5) is 4.79 Å². The predicted octanol–water partition coefficient (Wildman–Crippen LogP) is 2.57. The van der Waals surface area contributed by atoms with Crippen molar-refractivity contribution >= 4 is 13.7 Å². The van der Waals surface area contributed by atoms with Crippen LogP contribution < -0.4 is 0 Å². The Hall–Kier alpha value is -0.840. The zero-order valence-electron chi connectivity index (χ0n) is 10.3. The van der Waals surface area contributed by atoms with Crippen molar-refractivity contribution in [3.63, 3.8) is 0 Å². The van der Waals surface area contributed by atoms with E-state index in [1.54, 1.807) is 26.8 Å². The Bertz CT molecular complexity index is 345. The van der Waals surface area contributed by atoms with Crippen LogP contribution in [-0.4, -0.2) is 37.4 Å². The summed E-state index contributed by atoms with van der Waals surface area (Å²) < 4.78 is 27.7. The second kappa shape index (κ2) is 6.19. The van der Waals surface area contributed by atoms with Crippen LogP contribution in [0.2, 0.25) is 0 Å². The van der Waals surface area contributed by atoms with Crippen LogP contribution in [-0.2, 0) is 18.3 Å². The molecule has 0 spiro atoms. The molecule has 17 heavy (non-hydrogen) atoms. The Morgan fingerprint density at radius 1 is 1.47 bits per heavy atom. The molecule has 6 nitrogen and oxygen atoms in total. The molecule has 0 radical (unpaired) electrons. The fourth-order valence-corrected chi connectivity index (χ4v) is 3.39. The average molecular weight is 263 g/mol. The van der Waals surface area contributed by atoms with Crippen molar-refractivity contribution in [2.24, 2.45) is 0 Å². The number of rotatable bonds is 6. The van der Waals surface area contributed by atoms with Gasteiger partial charge in [-0.05, 0) is 20.8 Å². The molecule has 7 heteroatoms. The van der Waals surface area contributed by atoms with Crippen LogP contribution in [0, 0.1) is 0 Å². The lowest BCUT2D eigenvalue weighted by molar-refractivity contribution is 0.162. The third-order valence-corrected chi connectivity index (χ3v) is 4.43. The molecule has 0 aromatic rings. The highest BCUT2D eigenvalue weighted by atomic mass is 31.2. The molecule has 1 fully saturated rings. The molecule has 98 valence electrons. The largest absolute Gasteiger partial charge is 0.447 e. The van der Waals surface area contributed by atoms with E-state index in [1.165, 1.54) is 4.90 Å². The highest BCUT2D eigenvalue weighted by Gasteiger charge is 2.38. The number of hydrogen-bond donors (Lipinski definition) is 0. The quantitative estimate of drug-likeness (QED) is 0.689. The maximum Gasteiger partial charge on any atom is 0.414 e. The van der Waals surface area contributed by atoms with E-state index in [0.29, 0.717) is 6.54 Å². The molecule has 0 saturated carbocycles. The lowest BCUT2D eigenvalue weighted by Gasteiger charge is -2.24. The van der Waals surface area contributed by atoms with Gasteiger partial charge >= 0.3 is 13.7 Å². The van der Waals surface area contributed by atoms with Crippen molar-refractivity contribution in [3.05, 3.63) is 11.5 Å². The number of carbonyl (C=O) groups excluding carboxylic acids is 1. The summed E-state index contributed by atoms with van der Waals surface area (Å²) in [5.41, 5.74) is 0.253. The lowest BCUT2D eigenvalue weighted by atomic mass is 10.6. The van der Waals surface area contributed by atoms with E-state index in [9.17, 15) is 9.36 Å². The highest BCUT2D eigenvalue weighted by Crippen LogP contribution is 2.57. The summed E-state index contributed by atoms with van der Waals surface area (Å²) >= 11 is 0. The second-order valence-electron chi connectivity index (χ2n) is 3.25. The summed E-state index contributed by atoms with van der Waals surface area (Å²) in [4.78, 5) is 12.8. The highest BCUT2D eigenvalue weighted by molar-refractivity contribution is 7.58. The minimum Gasteiger partial charge on any atom is -0.447 e. The van der Waals surface area contributed by atoms with Crippen LogP contribution >= 0.6 is 7.60 Å². The van der Waals surface area contributed by atoms with Crippen molar-refractivity contribution in [1.29, 1.82) is 0 Å². The van der Waals surface area contributed by atoms with E-state index in [-0.39, 0.29) is 25.3 Å². The van der Waals surface area contributed by atoms with Gasteiger partial charge in [-0.1, -0.05) is 6.08 Å². The molecule has 0 aliphatic carbocycles. The minimum atomic E-state index is -3.43. The zero-order chi connectivity index (χ0) is 12.9. The third kappa shape index (κ3) is 3.09. The van der Waals surface area contributed by atoms with Gasteiger partial charge in [-0.3, -0.25) is 9.46 Å². The maximum atomic E-state index is 12.5. The topological polar surface area (TPSA) is 65.1 Å². The van der Waals surface area contributed by atoms with Crippen LogP contribution in [0.5, 0.6) is 0 Å². The fraction of sp³-hybridized carbons (Fsp3) is 0.700. The van der Waals surface area contributed by atoms with Gasteiger partial charge in [-0.25, -0.2) is 4.79 Å². The number of nitrogens with zero attached hydrogens (tertiary/aromatic N) is 1. The van der Waals surface area contributed by atoms with Crippen LogP contribution in [0.3, 0.4) is 0 Å². The average Bonchev–Trinajstić information content (AvgIpc) is 2.66.